The van der Waals surface area contributed by atoms with Crippen LogP contribution in [0.1, 0.15) is 18.7 Å². The maximum absolute atomic E-state index is 10.7. The van der Waals surface area contributed by atoms with E-state index in [-0.39, 0.29) is 0 Å². The van der Waals surface area contributed by atoms with Crippen LogP contribution in [0.25, 0.3) is 11.4 Å². The Morgan fingerprint density at radius 3 is 2.80 bits per heavy atom. The van der Waals surface area contributed by atoms with Crippen molar-refractivity contribution in [1.29, 1.82) is 0 Å². The third-order valence-corrected chi connectivity index (χ3v) is 4.57. The molecule has 3 aromatic rings. The minimum atomic E-state index is -0.688. The number of aliphatic hydroxyl groups is 1. The van der Waals surface area contributed by atoms with Gasteiger partial charge in [0, 0.05) is 43.4 Å². The van der Waals surface area contributed by atoms with Crippen LogP contribution in [-0.2, 0) is 13.1 Å². The molecule has 130 valence electrons. The fraction of sp³-hybridized carbons (Fsp3) is 0.412. The Morgan fingerprint density at radius 1 is 1.20 bits per heavy atom. The van der Waals surface area contributed by atoms with E-state index < -0.39 is 5.60 Å². The molecule has 0 amide bonds. The zero-order valence-electron chi connectivity index (χ0n) is 13.8. The van der Waals surface area contributed by atoms with Gasteiger partial charge in [-0.25, -0.2) is 4.98 Å². The first kappa shape index (κ1) is 15.9. The van der Waals surface area contributed by atoms with Gasteiger partial charge in [-0.3, -0.25) is 9.88 Å². The first-order chi connectivity index (χ1) is 12.2. The largest absolute Gasteiger partial charge is 0.388 e. The van der Waals surface area contributed by atoms with Crippen LogP contribution >= 0.6 is 0 Å². The van der Waals surface area contributed by atoms with E-state index in [1.54, 1.807) is 24.9 Å². The van der Waals surface area contributed by atoms with Crippen molar-refractivity contribution < 1.29 is 9.63 Å². The summed E-state index contributed by atoms with van der Waals surface area (Å²) in [4.78, 5) is 14.8. The summed E-state index contributed by atoms with van der Waals surface area (Å²) in [6.45, 7) is 2.74. The Balaban J connectivity index is 1.34. The van der Waals surface area contributed by atoms with Crippen molar-refractivity contribution in [3.05, 3.63) is 49.1 Å². The van der Waals surface area contributed by atoms with Gasteiger partial charge >= 0.3 is 0 Å². The first-order valence-electron chi connectivity index (χ1n) is 8.34. The summed E-state index contributed by atoms with van der Waals surface area (Å²) in [5, 5.41) is 14.8. The molecule has 1 fully saturated rings. The van der Waals surface area contributed by atoms with Crippen LogP contribution in [0.2, 0.25) is 0 Å². The van der Waals surface area contributed by atoms with Gasteiger partial charge in [0.1, 0.15) is 0 Å². The number of aromatic nitrogens is 5. The lowest BCUT2D eigenvalue weighted by Crippen LogP contribution is -2.46. The Kier molecular flexibility index (Phi) is 4.29. The van der Waals surface area contributed by atoms with Gasteiger partial charge < -0.3 is 14.2 Å². The van der Waals surface area contributed by atoms with E-state index in [1.807, 2.05) is 22.9 Å². The smallest absolute Gasteiger partial charge is 0.241 e. The maximum Gasteiger partial charge on any atom is 0.241 e. The molecule has 1 N–H and O–H groups in total. The Bertz CT molecular complexity index is 794. The summed E-state index contributed by atoms with van der Waals surface area (Å²) in [7, 11) is 0. The molecule has 0 radical (unpaired) electrons. The van der Waals surface area contributed by atoms with E-state index in [0.717, 1.165) is 18.7 Å². The van der Waals surface area contributed by atoms with E-state index in [4.69, 9.17) is 4.52 Å². The molecular weight excluding hydrogens is 320 g/mol. The third kappa shape index (κ3) is 3.75. The highest BCUT2D eigenvalue weighted by molar-refractivity contribution is 5.51. The molecular formula is C17H20N6O2. The van der Waals surface area contributed by atoms with Crippen molar-refractivity contribution in [1.82, 2.24) is 29.6 Å². The van der Waals surface area contributed by atoms with Gasteiger partial charge in [-0.1, -0.05) is 5.16 Å². The van der Waals surface area contributed by atoms with E-state index in [2.05, 4.69) is 25.0 Å². The zero-order chi connectivity index (χ0) is 17.1. The van der Waals surface area contributed by atoms with Crippen LogP contribution in [-0.4, -0.2) is 53.4 Å². The quantitative estimate of drug-likeness (QED) is 0.749. The monoisotopic (exact) mass is 340 g/mol. The Hall–Kier alpha value is -2.58. The topological polar surface area (TPSA) is 93.1 Å². The molecule has 0 atom stereocenters. The summed E-state index contributed by atoms with van der Waals surface area (Å²) in [6, 6.07) is 3.75. The lowest BCUT2D eigenvalue weighted by molar-refractivity contribution is -0.0373. The molecule has 0 aromatic carbocycles. The van der Waals surface area contributed by atoms with Gasteiger partial charge in [-0.05, 0) is 25.0 Å². The van der Waals surface area contributed by atoms with E-state index >= 15 is 0 Å². The average molecular weight is 340 g/mol. The van der Waals surface area contributed by atoms with Crippen molar-refractivity contribution in [3.8, 4) is 11.4 Å². The minimum Gasteiger partial charge on any atom is -0.388 e. The lowest BCUT2D eigenvalue weighted by atomic mass is 9.91. The first-order valence-corrected chi connectivity index (χ1v) is 8.34. The number of hydrogen-bond acceptors (Lipinski definition) is 7. The van der Waals surface area contributed by atoms with Crippen LogP contribution in [0.4, 0.5) is 0 Å². The van der Waals surface area contributed by atoms with Gasteiger partial charge in [0.2, 0.25) is 11.7 Å². The molecule has 0 bridgehead atoms. The van der Waals surface area contributed by atoms with Gasteiger partial charge in [0.25, 0.3) is 0 Å². The molecule has 8 heteroatoms. The van der Waals surface area contributed by atoms with E-state index in [9.17, 15) is 5.11 Å². The molecule has 0 unspecified atom stereocenters. The molecule has 1 aliphatic rings. The minimum absolute atomic E-state index is 0.553. The van der Waals surface area contributed by atoms with Gasteiger partial charge in [0.15, 0.2) is 0 Å². The molecule has 0 spiro atoms. The fourth-order valence-electron chi connectivity index (χ4n) is 3.13. The number of nitrogens with zero attached hydrogens (tertiary/aromatic N) is 6. The molecule has 1 saturated heterocycles. The average Bonchev–Trinajstić information content (AvgIpc) is 3.30. The Labute approximate surface area is 145 Å². The SMILES string of the molecule is OC1(Cn2ccnc2)CCN(Cc2nc(-c3cccnc3)no2)CC1. The number of pyridine rings is 1. The van der Waals surface area contributed by atoms with Crippen molar-refractivity contribution >= 4 is 0 Å². The third-order valence-electron chi connectivity index (χ3n) is 4.57. The molecule has 1 aliphatic heterocycles. The summed E-state index contributed by atoms with van der Waals surface area (Å²) in [6.07, 6.45) is 10.2. The summed E-state index contributed by atoms with van der Waals surface area (Å²) in [5.41, 5.74) is 0.151. The van der Waals surface area contributed by atoms with E-state index in [0.29, 0.717) is 37.6 Å². The number of likely N-dealkylation sites (tertiary alicyclic amines) is 1. The summed E-state index contributed by atoms with van der Waals surface area (Å²) in [5.74, 6) is 1.13. The summed E-state index contributed by atoms with van der Waals surface area (Å²) >= 11 is 0. The maximum atomic E-state index is 10.7. The standard InChI is InChI=1S/C17H20N6O2/c24-17(12-23-9-6-19-13-23)3-7-22(8-4-17)11-15-20-16(21-25-15)14-2-1-5-18-10-14/h1-2,5-6,9-10,13,24H,3-4,7-8,11-12H2. The highest BCUT2D eigenvalue weighted by Crippen LogP contribution is 2.25. The van der Waals surface area contributed by atoms with Crippen LogP contribution in [0, 0.1) is 0 Å². The molecule has 0 aliphatic carbocycles. The second kappa shape index (κ2) is 6.73. The van der Waals surface area contributed by atoms with Crippen molar-refractivity contribution in [2.24, 2.45) is 0 Å². The number of imidazole rings is 1. The number of hydrogen-bond donors (Lipinski definition) is 1. The van der Waals surface area contributed by atoms with Crippen LogP contribution in [0.15, 0.2) is 47.8 Å². The highest BCUT2D eigenvalue weighted by Gasteiger charge is 2.33. The normalized spacial score (nSPS) is 17.6. The van der Waals surface area contributed by atoms with Crippen LogP contribution < -0.4 is 0 Å². The second-order valence-electron chi connectivity index (χ2n) is 6.49. The molecule has 4 rings (SSSR count). The molecule has 3 aromatic heterocycles. The zero-order valence-corrected chi connectivity index (χ0v) is 13.8. The lowest BCUT2D eigenvalue weighted by Gasteiger charge is -2.37. The van der Waals surface area contributed by atoms with Gasteiger partial charge in [0.05, 0.1) is 25.0 Å². The van der Waals surface area contributed by atoms with Crippen molar-refractivity contribution in [2.45, 2.75) is 31.5 Å². The predicted octanol–water partition coefficient (Wildman–Crippen LogP) is 1.36. The van der Waals surface area contributed by atoms with Gasteiger partial charge in [-0.15, -0.1) is 0 Å². The van der Waals surface area contributed by atoms with E-state index in [1.165, 1.54) is 0 Å². The number of rotatable bonds is 5. The van der Waals surface area contributed by atoms with Crippen LogP contribution in [0.3, 0.4) is 0 Å². The molecule has 0 saturated carbocycles. The molecule has 8 nitrogen and oxygen atoms in total. The fourth-order valence-corrected chi connectivity index (χ4v) is 3.13. The van der Waals surface area contributed by atoms with Crippen LogP contribution in [0.5, 0.6) is 0 Å². The number of piperidine rings is 1. The summed E-state index contributed by atoms with van der Waals surface area (Å²) < 4.78 is 7.28. The Morgan fingerprint density at radius 2 is 2.08 bits per heavy atom. The molecule has 25 heavy (non-hydrogen) atoms. The molecule has 4 heterocycles. The van der Waals surface area contributed by atoms with Gasteiger partial charge in [-0.2, -0.15) is 4.98 Å². The van der Waals surface area contributed by atoms with Crippen molar-refractivity contribution in [2.75, 3.05) is 13.1 Å². The van der Waals surface area contributed by atoms with Crippen molar-refractivity contribution in [3.63, 3.8) is 0 Å². The second-order valence-corrected chi connectivity index (χ2v) is 6.49. The highest BCUT2D eigenvalue weighted by atomic mass is 16.5. The predicted molar refractivity (Wildman–Crippen MR) is 89.2 cm³/mol.